The fourth-order valence-corrected chi connectivity index (χ4v) is 2.34. The van der Waals surface area contributed by atoms with Crippen molar-refractivity contribution in [1.82, 2.24) is 20.9 Å². The molecular weight excluding hydrogens is 308 g/mol. The molecule has 1 aromatic heterocycles. The van der Waals surface area contributed by atoms with E-state index in [1.54, 1.807) is 24.3 Å². The van der Waals surface area contributed by atoms with E-state index in [-0.39, 0.29) is 29.5 Å². The van der Waals surface area contributed by atoms with Crippen LogP contribution in [0.15, 0.2) is 35.3 Å². The maximum Gasteiger partial charge on any atom is 0.257 e. The number of nitrogens with one attached hydrogen (secondary N) is 4. The van der Waals surface area contributed by atoms with Crippen molar-refractivity contribution in [2.75, 3.05) is 19.6 Å². The maximum atomic E-state index is 12.3. The predicted octanol–water partition coefficient (Wildman–Crippen LogP) is 0.372. The van der Waals surface area contributed by atoms with Crippen molar-refractivity contribution in [3.05, 3.63) is 46.2 Å². The van der Waals surface area contributed by atoms with E-state index in [2.05, 4.69) is 20.9 Å². The highest BCUT2D eigenvalue weighted by Crippen LogP contribution is 2.06. The van der Waals surface area contributed by atoms with Gasteiger partial charge in [0.1, 0.15) is 5.56 Å². The van der Waals surface area contributed by atoms with Crippen LogP contribution in [0.5, 0.6) is 0 Å². The number of para-hydroxylation sites is 1. The number of hydrogen-bond donors (Lipinski definition) is 4. The molecule has 0 spiro atoms. The fraction of sp³-hybridized carbons (Fsp3) is 0.353. The van der Waals surface area contributed by atoms with Crippen molar-refractivity contribution in [3.8, 4) is 0 Å². The van der Waals surface area contributed by atoms with Gasteiger partial charge in [-0.3, -0.25) is 14.4 Å². The number of rotatable bonds is 7. The Bertz CT molecular complexity index is 785. The van der Waals surface area contributed by atoms with Gasteiger partial charge in [-0.15, -0.1) is 0 Å². The van der Waals surface area contributed by atoms with Crippen molar-refractivity contribution in [3.63, 3.8) is 0 Å². The number of aromatic nitrogens is 1. The zero-order valence-electron chi connectivity index (χ0n) is 13.8. The van der Waals surface area contributed by atoms with Gasteiger partial charge in [0.05, 0.1) is 6.54 Å². The molecule has 0 bridgehead atoms. The number of carbonyl (C=O) groups is 2. The minimum Gasteiger partial charge on any atom is -0.360 e. The van der Waals surface area contributed by atoms with Crippen molar-refractivity contribution >= 4 is 22.7 Å². The second-order valence-corrected chi connectivity index (χ2v) is 5.52. The third-order valence-corrected chi connectivity index (χ3v) is 3.60. The van der Waals surface area contributed by atoms with Gasteiger partial charge in [-0.05, 0) is 25.6 Å². The fourth-order valence-electron chi connectivity index (χ4n) is 2.34. The van der Waals surface area contributed by atoms with E-state index in [4.69, 9.17) is 0 Å². The van der Waals surface area contributed by atoms with Crippen LogP contribution in [0.4, 0.5) is 0 Å². The molecule has 2 aromatic rings. The lowest BCUT2D eigenvalue weighted by Gasteiger charge is -2.13. The third kappa shape index (κ3) is 4.42. The van der Waals surface area contributed by atoms with Gasteiger partial charge in [-0.1, -0.05) is 19.1 Å². The molecule has 1 aromatic carbocycles. The molecule has 128 valence electrons. The van der Waals surface area contributed by atoms with E-state index in [1.165, 1.54) is 6.20 Å². The number of carbonyl (C=O) groups excluding carboxylic acids is 2. The van der Waals surface area contributed by atoms with E-state index in [0.717, 1.165) is 6.54 Å². The largest absolute Gasteiger partial charge is 0.360 e. The highest BCUT2D eigenvalue weighted by Gasteiger charge is 2.14. The van der Waals surface area contributed by atoms with Crippen LogP contribution in [0.25, 0.3) is 10.9 Å². The number of benzene rings is 1. The molecule has 0 saturated carbocycles. The maximum absolute atomic E-state index is 12.3. The van der Waals surface area contributed by atoms with Gasteiger partial charge >= 0.3 is 0 Å². The van der Waals surface area contributed by atoms with Crippen LogP contribution < -0.4 is 21.4 Å². The molecule has 7 nitrogen and oxygen atoms in total. The summed E-state index contributed by atoms with van der Waals surface area (Å²) in [7, 11) is 0. The zero-order valence-corrected chi connectivity index (χ0v) is 13.8. The number of pyridine rings is 1. The van der Waals surface area contributed by atoms with E-state index >= 15 is 0 Å². The summed E-state index contributed by atoms with van der Waals surface area (Å²) in [5.41, 5.74) is 0.291. The Hall–Kier alpha value is -2.67. The first-order chi connectivity index (χ1) is 11.5. The van der Waals surface area contributed by atoms with Crippen molar-refractivity contribution in [2.45, 2.75) is 19.9 Å². The Labute approximate surface area is 139 Å². The van der Waals surface area contributed by atoms with Crippen LogP contribution in [-0.4, -0.2) is 42.5 Å². The van der Waals surface area contributed by atoms with Gasteiger partial charge in [0.15, 0.2) is 0 Å². The van der Waals surface area contributed by atoms with Crippen molar-refractivity contribution in [2.24, 2.45) is 0 Å². The summed E-state index contributed by atoms with van der Waals surface area (Å²) in [4.78, 5) is 39.1. The molecule has 0 aliphatic rings. The summed E-state index contributed by atoms with van der Waals surface area (Å²) in [6.07, 6.45) is 1.37. The van der Waals surface area contributed by atoms with Gasteiger partial charge in [0.25, 0.3) is 5.91 Å². The van der Waals surface area contributed by atoms with Crippen LogP contribution in [0.2, 0.25) is 0 Å². The number of aromatic amines is 1. The quantitative estimate of drug-likeness (QED) is 0.589. The first-order valence-corrected chi connectivity index (χ1v) is 7.91. The van der Waals surface area contributed by atoms with Crippen molar-refractivity contribution < 1.29 is 9.59 Å². The number of amides is 2. The SMILES string of the molecule is CCN[C@H](C)CNC(=O)CNC(=O)c1c[nH]c2ccccc2c1=O. The lowest BCUT2D eigenvalue weighted by Crippen LogP contribution is -2.43. The minimum absolute atomic E-state index is 0.0116. The average molecular weight is 330 g/mol. The molecule has 24 heavy (non-hydrogen) atoms. The van der Waals surface area contributed by atoms with Crippen LogP contribution in [0, 0.1) is 0 Å². The highest BCUT2D eigenvalue weighted by molar-refractivity contribution is 5.98. The molecule has 0 aliphatic carbocycles. The molecule has 1 atom stereocenters. The number of H-pyrrole nitrogens is 1. The third-order valence-electron chi connectivity index (χ3n) is 3.60. The van der Waals surface area contributed by atoms with Gasteiger partial charge in [0.2, 0.25) is 11.3 Å². The second-order valence-electron chi connectivity index (χ2n) is 5.52. The number of fused-ring (bicyclic) bond motifs is 1. The summed E-state index contributed by atoms with van der Waals surface area (Å²) < 4.78 is 0. The number of likely N-dealkylation sites (N-methyl/N-ethyl adjacent to an activating group) is 1. The lowest BCUT2D eigenvalue weighted by atomic mass is 10.1. The standard InChI is InChI=1S/C17H22N4O3/c1-3-18-11(2)8-20-15(22)10-21-17(24)13-9-19-14-7-5-4-6-12(14)16(13)23/h4-7,9,11,18H,3,8,10H2,1-2H3,(H,19,23)(H,20,22)(H,21,24)/t11-/m1/s1. The summed E-state index contributed by atoms with van der Waals surface area (Å²) in [6, 6.07) is 7.10. The Morgan fingerprint density at radius 3 is 2.71 bits per heavy atom. The smallest absolute Gasteiger partial charge is 0.257 e. The van der Waals surface area contributed by atoms with Crippen LogP contribution in [0.1, 0.15) is 24.2 Å². The average Bonchev–Trinajstić information content (AvgIpc) is 2.58. The Balaban J connectivity index is 1.94. The van der Waals surface area contributed by atoms with Gasteiger partial charge in [0, 0.05) is 29.7 Å². The molecule has 0 aliphatic heterocycles. The topological polar surface area (TPSA) is 103 Å². The second kappa shape index (κ2) is 8.26. The summed E-state index contributed by atoms with van der Waals surface area (Å²) in [6.45, 7) is 5.05. The van der Waals surface area contributed by atoms with E-state index in [0.29, 0.717) is 17.4 Å². The van der Waals surface area contributed by atoms with Gasteiger partial charge in [-0.2, -0.15) is 0 Å². The molecule has 1 heterocycles. The summed E-state index contributed by atoms with van der Waals surface area (Å²) in [5, 5.41) is 8.79. The van der Waals surface area contributed by atoms with E-state index in [1.807, 2.05) is 13.8 Å². The highest BCUT2D eigenvalue weighted by atomic mass is 16.2. The molecule has 2 amide bonds. The summed E-state index contributed by atoms with van der Waals surface area (Å²) in [5.74, 6) is -0.873. The molecule has 7 heteroatoms. The monoisotopic (exact) mass is 330 g/mol. The van der Waals surface area contributed by atoms with Crippen LogP contribution >= 0.6 is 0 Å². The Morgan fingerprint density at radius 2 is 1.96 bits per heavy atom. The molecule has 4 N–H and O–H groups in total. The zero-order chi connectivity index (χ0) is 17.5. The Kier molecular flexibility index (Phi) is 6.08. The predicted molar refractivity (Wildman–Crippen MR) is 93.1 cm³/mol. The van der Waals surface area contributed by atoms with Gasteiger partial charge < -0.3 is 20.9 Å². The molecule has 0 unspecified atom stereocenters. The summed E-state index contributed by atoms with van der Waals surface area (Å²) >= 11 is 0. The van der Waals surface area contributed by atoms with E-state index in [9.17, 15) is 14.4 Å². The normalized spacial score (nSPS) is 11.9. The Morgan fingerprint density at radius 1 is 1.21 bits per heavy atom. The first kappa shape index (κ1) is 17.7. The van der Waals surface area contributed by atoms with E-state index < -0.39 is 5.91 Å². The lowest BCUT2D eigenvalue weighted by molar-refractivity contribution is -0.120. The first-order valence-electron chi connectivity index (χ1n) is 7.91. The molecule has 0 saturated heterocycles. The van der Waals surface area contributed by atoms with Crippen LogP contribution in [0.3, 0.4) is 0 Å². The molecule has 0 radical (unpaired) electrons. The number of hydrogen-bond acceptors (Lipinski definition) is 4. The molecule has 2 rings (SSSR count). The minimum atomic E-state index is -0.572. The molecular formula is C17H22N4O3. The molecule has 0 fully saturated rings. The van der Waals surface area contributed by atoms with Crippen LogP contribution in [-0.2, 0) is 4.79 Å². The van der Waals surface area contributed by atoms with Crippen molar-refractivity contribution in [1.29, 1.82) is 0 Å². The van der Waals surface area contributed by atoms with Gasteiger partial charge in [-0.25, -0.2) is 0 Å².